The maximum absolute atomic E-state index is 12.7. The van der Waals surface area contributed by atoms with E-state index < -0.39 is 0 Å². The molecule has 0 bridgehead atoms. The second-order valence-electron chi connectivity index (χ2n) is 6.99. The van der Waals surface area contributed by atoms with Crippen LogP contribution in [0, 0.1) is 0 Å². The first-order valence-corrected chi connectivity index (χ1v) is 10.7. The van der Waals surface area contributed by atoms with Crippen LogP contribution in [0.3, 0.4) is 0 Å². The van der Waals surface area contributed by atoms with Gasteiger partial charge in [-0.2, -0.15) is 4.98 Å². The lowest BCUT2D eigenvalue weighted by Crippen LogP contribution is -2.28. The van der Waals surface area contributed by atoms with Crippen LogP contribution >= 0.6 is 11.8 Å². The van der Waals surface area contributed by atoms with E-state index in [0.29, 0.717) is 17.3 Å². The standard InChI is InChI=1S/C22H22N4O3S/c1-29-17-7-5-16(6-8-17)24-20(27)14-30-21-18-3-2-4-19(18)26(22(28)25-21)13-15-9-11-23-12-10-15/h5-12H,2-4,13-14H2,1H3,(H,24,27). The molecule has 1 aliphatic rings. The number of ether oxygens (including phenoxy) is 1. The summed E-state index contributed by atoms with van der Waals surface area (Å²) in [6.45, 7) is 0.486. The number of pyridine rings is 1. The molecule has 0 atom stereocenters. The first-order valence-electron chi connectivity index (χ1n) is 9.72. The fourth-order valence-corrected chi connectivity index (χ4v) is 4.42. The van der Waals surface area contributed by atoms with Gasteiger partial charge in [-0.1, -0.05) is 11.8 Å². The van der Waals surface area contributed by atoms with E-state index in [1.807, 2.05) is 12.1 Å². The number of thioether (sulfide) groups is 1. The first-order chi connectivity index (χ1) is 14.6. The van der Waals surface area contributed by atoms with Gasteiger partial charge in [0.05, 0.1) is 19.4 Å². The molecule has 3 aromatic rings. The van der Waals surface area contributed by atoms with Crippen molar-refractivity contribution in [3.05, 3.63) is 76.1 Å². The van der Waals surface area contributed by atoms with E-state index in [1.54, 1.807) is 48.3 Å². The second-order valence-corrected chi connectivity index (χ2v) is 7.95. The Bertz CT molecular complexity index is 1100. The largest absolute Gasteiger partial charge is 0.497 e. The number of carbonyl (C=O) groups excluding carboxylic acids is 1. The van der Waals surface area contributed by atoms with Gasteiger partial charge >= 0.3 is 5.69 Å². The Morgan fingerprint density at radius 1 is 1.17 bits per heavy atom. The monoisotopic (exact) mass is 422 g/mol. The number of methoxy groups -OCH3 is 1. The van der Waals surface area contributed by atoms with Crippen LogP contribution in [0.1, 0.15) is 23.2 Å². The Morgan fingerprint density at radius 3 is 2.67 bits per heavy atom. The van der Waals surface area contributed by atoms with Crippen molar-refractivity contribution in [3.8, 4) is 5.75 Å². The van der Waals surface area contributed by atoms with Crippen LogP contribution < -0.4 is 15.7 Å². The fraction of sp³-hybridized carbons (Fsp3) is 0.273. The fourth-order valence-electron chi connectivity index (χ4n) is 3.54. The highest BCUT2D eigenvalue weighted by Crippen LogP contribution is 2.29. The van der Waals surface area contributed by atoms with E-state index in [2.05, 4.69) is 15.3 Å². The Kier molecular flexibility index (Phi) is 6.13. The van der Waals surface area contributed by atoms with Gasteiger partial charge in [0.15, 0.2) is 0 Å². The number of hydrogen-bond acceptors (Lipinski definition) is 6. The number of aromatic nitrogens is 3. The molecular weight excluding hydrogens is 400 g/mol. The summed E-state index contributed by atoms with van der Waals surface area (Å²) in [5.74, 6) is 0.786. The highest BCUT2D eigenvalue weighted by Gasteiger charge is 2.22. The lowest BCUT2D eigenvalue weighted by molar-refractivity contribution is -0.113. The van der Waals surface area contributed by atoms with Gasteiger partial charge in [-0.25, -0.2) is 4.79 Å². The third kappa shape index (κ3) is 4.54. The zero-order valence-electron chi connectivity index (χ0n) is 16.6. The molecule has 0 radical (unpaired) electrons. The number of carbonyl (C=O) groups is 1. The van der Waals surface area contributed by atoms with Gasteiger partial charge in [0, 0.05) is 29.3 Å². The molecule has 7 nitrogen and oxygen atoms in total. The molecule has 0 saturated heterocycles. The molecule has 1 aliphatic carbocycles. The summed E-state index contributed by atoms with van der Waals surface area (Å²) in [6.07, 6.45) is 6.16. The van der Waals surface area contributed by atoms with Gasteiger partial charge in [-0.3, -0.25) is 14.3 Å². The predicted molar refractivity (Wildman–Crippen MR) is 116 cm³/mol. The minimum absolute atomic E-state index is 0.139. The third-order valence-corrected chi connectivity index (χ3v) is 6.02. The molecule has 8 heteroatoms. The maximum atomic E-state index is 12.7. The van der Waals surface area contributed by atoms with Gasteiger partial charge in [0.2, 0.25) is 5.91 Å². The van der Waals surface area contributed by atoms with Crippen LogP contribution in [0.5, 0.6) is 5.75 Å². The van der Waals surface area contributed by atoms with Crippen molar-refractivity contribution in [2.75, 3.05) is 18.2 Å². The minimum Gasteiger partial charge on any atom is -0.497 e. The third-order valence-electron chi connectivity index (χ3n) is 5.00. The molecule has 0 spiro atoms. The molecule has 30 heavy (non-hydrogen) atoms. The molecule has 0 aliphatic heterocycles. The summed E-state index contributed by atoms with van der Waals surface area (Å²) >= 11 is 1.32. The summed E-state index contributed by atoms with van der Waals surface area (Å²) < 4.78 is 6.87. The molecule has 4 rings (SSSR count). The number of amides is 1. The van der Waals surface area contributed by atoms with Crippen molar-refractivity contribution in [1.29, 1.82) is 0 Å². The van der Waals surface area contributed by atoms with Crippen molar-refractivity contribution in [2.45, 2.75) is 30.8 Å². The Hall–Kier alpha value is -3.13. The molecule has 1 N–H and O–H groups in total. The van der Waals surface area contributed by atoms with Gasteiger partial charge in [-0.15, -0.1) is 0 Å². The van der Waals surface area contributed by atoms with Crippen molar-refractivity contribution in [2.24, 2.45) is 0 Å². The number of fused-ring (bicyclic) bond motifs is 1. The average molecular weight is 423 g/mol. The predicted octanol–water partition coefficient (Wildman–Crippen LogP) is 2.91. The Balaban J connectivity index is 1.47. The lowest BCUT2D eigenvalue weighted by atomic mass is 10.2. The average Bonchev–Trinajstić information content (AvgIpc) is 3.26. The summed E-state index contributed by atoms with van der Waals surface area (Å²) in [4.78, 5) is 33.4. The molecule has 2 aromatic heterocycles. The molecule has 0 fully saturated rings. The van der Waals surface area contributed by atoms with Gasteiger partial charge in [0.1, 0.15) is 10.8 Å². The Labute approximate surface area is 178 Å². The van der Waals surface area contributed by atoms with E-state index in [-0.39, 0.29) is 17.3 Å². The van der Waals surface area contributed by atoms with E-state index >= 15 is 0 Å². The van der Waals surface area contributed by atoms with E-state index in [1.165, 1.54) is 11.8 Å². The van der Waals surface area contributed by atoms with Crippen LogP contribution in [-0.4, -0.2) is 33.3 Å². The Morgan fingerprint density at radius 2 is 1.93 bits per heavy atom. The number of nitrogens with one attached hydrogen (secondary N) is 1. The summed E-state index contributed by atoms with van der Waals surface area (Å²) in [6, 6.07) is 11.0. The molecule has 0 saturated carbocycles. The van der Waals surface area contributed by atoms with Crippen molar-refractivity contribution in [3.63, 3.8) is 0 Å². The van der Waals surface area contributed by atoms with E-state index in [0.717, 1.165) is 41.8 Å². The zero-order chi connectivity index (χ0) is 20.9. The minimum atomic E-state index is -0.273. The number of rotatable bonds is 7. The van der Waals surface area contributed by atoms with Crippen LogP contribution in [0.15, 0.2) is 58.6 Å². The van der Waals surface area contributed by atoms with E-state index in [9.17, 15) is 9.59 Å². The maximum Gasteiger partial charge on any atom is 0.349 e. The smallest absolute Gasteiger partial charge is 0.349 e. The van der Waals surface area contributed by atoms with Crippen LogP contribution in [-0.2, 0) is 24.2 Å². The van der Waals surface area contributed by atoms with Crippen LogP contribution in [0.25, 0.3) is 0 Å². The molecule has 1 aromatic carbocycles. The second kappa shape index (κ2) is 9.13. The number of nitrogens with zero attached hydrogens (tertiary/aromatic N) is 3. The highest BCUT2D eigenvalue weighted by molar-refractivity contribution is 8.00. The van der Waals surface area contributed by atoms with Crippen LogP contribution in [0.2, 0.25) is 0 Å². The van der Waals surface area contributed by atoms with Gasteiger partial charge in [-0.05, 0) is 61.2 Å². The molecule has 1 amide bonds. The number of anilines is 1. The molecule has 0 unspecified atom stereocenters. The first kappa shape index (κ1) is 20.2. The SMILES string of the molecule is COc1ccc(NC(=O)CSc2nc(=O)n(Cc3ccncc3)c3c2CCC3)cc1. The quantitative estimate of drug-likeness (QED) is 0.465. The number of benzene rings is 1. The molecule has 2 heterocycles. The molecular formula is C22H22N4O3S. The normalized spacial score (nSPS) is 12.4. The van der Waals surface area contributed by atoms with Crippen molar-refractivity contribution >= 4 is 23.4 Å². The van der Waals surface area contributed by atoms with Gasteiger partial charge in [0.25, 0.3) is 0 Å². The van der Waals surface area contributed by atoms with E-state index in [4.69, 9.17) is 4.74 Å². The highest BCUT2D eigenvalue weighted by atomic mass is 32.2. The van der Waals surface area contributed by atoms with Gasteiger partial charge < -0.3 is 10.1 Å². The topological polar surface area (TPSA) is 86.1 Å². The number of hydrogen-bond donors (Lipinski definition) is 1. The zero-order valence-corrected chi connectivity index (χ0v) is 17.4. The summed E-state index contributed by atoms with van der Waals surface area (Å²) in [5.41, 5.74) is 3.57. The summed E-state index contributed by atoms with van der Waals surface area (Å²) in [5, 5.41) is 3.53. The molecule has 154 valence electrons. The summed E-state index contributed by atoms with van der Waals surface area (Å²) in [7, 11) is 1.60. The lowest BCUT2D eigenvalue weighted by Gasteiger charge is -2.14. The van der Waals surface area contributed by atoms with Crippen molar-refractivity contribution in [1.82, 2.24) is 14.5 Å². The van der Waals surface area contributed by atoms with Crippen molar-refractivity contribution < 1.29 is 9.53 Å². The van der Waals surface area contributed by atoms with Crippen LogP contribution in [0.4, 0.5) is 5.69 Å².